The van der Waals surface area contributed by atoms with Crippen molar-refractivity contribution in [3.05, 3.63) is 28.2 Å². The van der Waals surface area contributed by atoms with Crippen molar-refractivity contribution in [3.8, 4) is 11.3 Å². The predicted octanol–water partition coefficient (Wildman–Crippen LogP) is 2.48. The molecule has 2 fully saturated rings. The van der Waals surface area contributed by atoms with Crippen molar-refractivity contribution in [2.75, 3.05) is 50.5 Å². The lowest BCUT2D eigenvalue weighted by atomic mass is 9.77. The van der Waals surface area contributed by atoms with Gasteiger partial charge in [-0.25, -0.2) is 0 Å². The summed E-state index contributed by atoms with van der Waals surface area (Å²) >= 11 is 12.4. The number of methoxy groups -OCH3 is 1. The molecule has 30 heavy (non-hydrogen) atoms. The van der Waals surface area contributed by atoms with Crippen molar-refractivity contribution >= 4 is 35.0 Å². The number of nitrogens with zero attached hydrogens (tertiary/aromatic N) is 5. The van der Waals surface area contributed by atoms with Gasteiger partial charge in [-0.05, 0) is 25.3 Å². The van der Waals surface area contributed by atoms with Crippen molar-refractivity contribution in [1.82, 2.24) is 20.1 Å². The number of aromatic nitrogens is 3. The summed E-state index contributed by atoms with van der Waals surface area (Å²) in [6.45, 7) is 3.55. The number of nitrogens with two attached hydrogens (primary N) is 1. The third-order valence-electron chi connectivity index (χ3n) is 6.06. The molecule has 2 atom stereocenters. The van der Waals surface area contributed by atoms with E-state index >= 15 is 0 Å². The Hall–Kier alpha value is -1.71. The van der Waals surface area contributed by atoms with Gasteiger partial charge in [-0.1, -0.05) is 35.3 Å². The quantitative estimate of drug-likeness (QED) is 0.688. The molecule has 4 rings (SSSR count). The first kappa shape index (κ1) is 21.5. The Morgan fingerprint density at radius 3 is 2.80 bits per heavy atom. The summed E-state index contributed by atoms with van der Waals surface area (Å²) < 4.78 is 5.07. The van der Waals surface area contributed by atoms with Crippen LogP contribution in [-0.2, 0) is 4.74 Å². The standard InChI is InChI=1S/C20H26Cl2N6O2/c1-30-11-13(29)10-28-9-7-20(28)6-3-8-27(12-20)19-24-18(23)17(25-26-19)14-4-2-5-15(21)16(14)22/h2,4-5,13,29H,3,6-12H2,1H3,(H2,23,24,26)/t13-,20?/m0/s1. The Morgan fingerprint density at radius 2 is 2.10 bits per heavy atom. The van der Waals surface area contributed by atoms with Crippen LogP contribution in [-0.4, -0.2) is 76.7 Å². The molecule has 1 unspecified atom stereocenters. The van der Waals surface area contributed by atoms with Crippen LogP contribution < -0.4 is 10.6 Å². The number of piperidine rings is 1. The second-order valence-corrected chi connectivity index (χ2v) is 8.79. The fourth-order valence-electron chi connectivity index (χ4n) is 4.46. The van der Waals surface area contributed by atoms with Gasteiger partial charge in [0.2, 0.25) is 5.95 Å². The predicted molar refractivity (Wildman–Crippen MR) is 118 cm³/mol. The number of benzene rings is 1. The van der Waals surface area contributed by atoms with Gasteiger partial charge in [0, 0.05) is 44.4 Å². The maximum absolute atomic E-state index is 10.1. The second-order valence-electron chi connectivity index (χ2n) is 8.00. The topological polar surface area (TPSA) is 101 Å². The number of β-amino-alcohol motifs (C(OH)–C–C–N with tert-alkyl or cyclic N) is 1. The molecule has 162 valence electrons. The van der Waals surface area contributed by atoms with Gasteiger partial charge in [-0.3, -0.25) is 4.90 Å². The molecule has 0 saturated carbocycles. The van der Waals surface area contributed by atoms with Crippen LogP contribution >= 0.6 is 23.2 Å². The second kappa shape index (κ2) is 8.80. The van der Waals surface area contributed by atoms with Gasteiger partial charge in [0.1, 0.15) is 5.69 Å². The van der Waals surface area contributed by atoms with Gasteiger partial charge in [0.05, 0.1) is 22.8 Å². The molecule has 3 heterocycles. The monoisotopic (exact) mass is 452 g/mol. The number of hydrogen-bond donors (Lipinski definition) is 2. The normalized spacial score (nSPS) is 22.9. The first-order chi connectivity index (χ1) is 14.4. The van der Waals surface area contributed by atoms with Crippen molar-refractivity contribution in [3.63, 3.8) is 0 Å². The number of hydrogen-bond acceptors (Lipinski definition) is 8. The molecule has 1 aromatic carbocycles. The van der Waals surface area contributed by atoms with Crippen LogP contribution in [0.3, 0.4) is 0 Å². The summed E-state index contributed by atoms with van der Waals surface area (Å²) in [4.78, 5) is 9.00. The Bertz CT molecular complexity index is 917. The van der Waals surface area contributed by atoms with E-state index in [0.717, 1.165) is 38.9 Å². The fourth-order valence-corrected chi connectivity index (χ4v) is 4.85. The lowest BCUT2D eigenvalue weighted by Crippen LogP contribution is -2.68. The number of likely N-dealkylation sites (tertiary alicyclic amines) is 1. The zero-order valence-corrected chi connectivity index (χ0v) is 18.4. The van der Waals surface area contributed by atoms with Crippen LogP contribution in [0.4, 0.5) is 11.8 Å². The molecule has 0 aliphatic carbocycles. The summed E-state index contributed by atoms with van der Waals surface area (Å²) in [6.07, 6.45) is 2.70. The van der Waals surface area contributed by atoms with E-state index < -0.39 is 6.10 Å². The molecule has 1 spiro atoms. The molecule has 2 aromatic rings. The van der Waals surface area contributed by atoms with Crippen LogP contribution in [0, 0.1) is 0 Å². The highest BCUT2D eigenvalue weighted by Crippen LogP contribution is 2.40. The largest absolute Gasteiger partial charge is 0.389 e. The lowest BCUT2D eigenvalue weighted by molar-refractivity contribution is -0.0639. The summed E-state index contributed by atoms with van der Waals surface area (Å²) in [7, 11) is 1.60. The van der Waals surface area contributed by atoms with Crippen molar-refractivity contribution in [2.45, 2.75) is 30.9 Å². The van der Waals surface area contributed by atoms with Crippen LogP contribution in [0.25, 0.3) is 11.3 Å². The molecule has 10 heteroatoms. The molecule has 3 N–H and O–H groups in total. The number of nitrogen functional groups attached to an aromatic ring is 1. The maximum Gasteiger partial charge on any atom is 0.247 e. The number of halogens is 2. The van der Waals surface area contributed by atoms with Crippen LogP contribution in [0.15, 0.2) is 18.2 Å². The number of aliphatic hydroxyl groups is 1. The maximum atomic E-state index is 10.1. The van der Waals surface area contributed by atoms with Crippen molar-refractivity contribution in [2.24, 2.45) is 0 Å². The highest BCUT2D eigenvalue weighted by Gasteiger charge is 2.48. The van der Waals surface area contributed by atoms with E-state index in [2.05, 4.69) is 25.0 Å². The van der Waals surface area contributed by atoms with E-state index in [9.17, 15) is 5.11 Å². The van der Waals surface area contributed by atoms with E-state index in [1.165, 1.54) is 0 Å². The van der Waals surface area contributed by atoms with Gasteiger partial charge in [0.25, 0.3) is 0 Å². The summed E-state index contributed by atoms with van der Waals surface area (Å²) in [6, 6.07) is 5.29. The number of rotatable bonds is 6. The van der Waals surface area contributed by atoms with Gasteiger partial charge < -0.3 is 20.5 Å². The summed E-state index contributed by atoms with van der Waals surface area (Å²) in [5.74, 6) is 0.780. The summed E-state index contributed by atoms with van der Waals surface area (Å²) in [5.41, 5.74) is 7.28. The van der Waals surface area contributed by atoms with Crippen molar-refractivity contribution in [1.29, 1.82) is 0 Å². The smallest absolute Gasteiger partial charge is 0.247 e. The molecule has 1 aromatic heterocycles. The molecular weight excluding hydrogens is 427 g/mol. The number of aliphatic hydroxyl groups excluding tert-OH is 1. The van der Waals surface area contributed by atoms with E-state index in [1.54, 1.807) is 25.3 Å². The third-order valence-corrected chi connectivity index (χ3v) is 6.87. The third kappa shape index (κ3) is 4.07. The first-order valence-corrected chi connectivity index (χ1v) is 10.8. The minimum atomic E-state index is -0.488. The van der Waals surface area contributed by atoms with E-state index in [1.807, 2.05) is 0 Å². The van der Waals surface area contributed by atoms with Gasteiger partial charge >= 0.3 is 0 Å². The highest BCUT2D eigenvalue weighted by molar-refractivity contribution is 6.43. The van der Waals surface area contributed by atoms with Gasteiger partial charge in [-0.15, -0.1) is 10.2 Å². The zero-order chi connectivity index (χ0) is 21.3. The molecule has 2 aliphatic rings. The fraction of sp³-hybridized carbons (Fsp3) is 0.550. The van der Waals surface area contributed by atoms with Crippen LogP contribution in [0.2, 0.25) is 10.0 Å². The van der Waals surface area contributed by atoms with Gasteiger partial charge in [0.15, 0.2) is 5.82 Å². The average Bonchev–Trinajstić information content (AvgIpc) is 2.74. The molecular formula is C20H26Cl2N6O2. The Kier molecular flexibility index (Phi) is 6.31. The van der Waals surface area contributed by atoms with E-state index in [0.29, 0.717) is 40.4 Å². The minimum absolute atomic E-state index is 0.0278. The molecule has 8 nitrogen and oxygen atoms in total. The first-order valence-electron chi connectivity index (χ1n) is 10.0. The SMILES string of the molecule is COC[C@@H](O)CN1CCC12CCCN(c1nnc(-c3cccc(Cl)c3Cl)c(N)n1)C2. The number of ether oxygens (including phenoxy) is 1. The van der Waals surface area contributed by atoms with Crippen molar-refractivity contribution < 1.29 is 9.84 Å². The Balaban J connectivity index is 1.52. The lowest BCUT2D eigenvalue weighted by Gasteiger charge is -2.57. The highest BCUT2D eigenvalue weighted by atomic mass is 35.5. The molecule has 2 aliphatic heterocycles. The van der Waals surface area contributed by atoms with Gasteiger partial charge in [-0.2, -0.15) is 4.98 Å². The Morgan fingerprint density at radius 1 is 1.27 bits per heavy atom. The van der Waals surface area contributed by atoms with E-state index in [4.69, 9.17) is 33.7 Å². The van der Waals surface area contributed by atoms with Crippen LogP contribution in [0.1, 0.15) is 19.3 Å². The number of anilines is 2. The average molecular weight is 453 g/mol. The van der Waals surface area contributed by atoms with E-state index in [-0.39, 0.29) is 11.4 Å². The zero-order valence-electron chi connectivity index (χ0n) is 16.9. The molecule has 2 saturated heterocycles. The minimum Gasteiger partial charge on any atom is -0.389 e. The molecule has 0 radical (unpaired) electrons. The Labute approximate surface area is 185 Å². The molecule has 0 amide bonds. The van der Waals surface area contributed by atoms with Crippen LogP contribution in [0.5, 0.6) is 0 Å². The summed E-state index contributed by atoms with van der Waals surface area (Å²) in [5, 5.41) is 19.6. The molecule has 0 bridgehead atoms.